The van der Waals surface area contributed by atoms with Gasteiger partial charge in [-0.3, -0.25) is 4.79 Å². The largest absolute Gasteiger partial charge is 0.327 e. The van der Waals surface area contributed by atoms with E-state index in [2.05, 4.69) is 72.9 Å². The third kappa shape index (κ3) is 4.53. The SMILES string of the molecule is CC(C)Cc1ccc([C@H]([NH2+][C@@H](C)c2nc3ccccc3c(=O)[nH]2)c2cccs2)cc1. The van der Waals surface area contributed by atoms with Crippen LogP contribution in [0.3, 0.4) is 0 Å². The quantitative estimate of drug-likeness (QED) is 0.461. The Bertz CT molecular complexity index is 1160. The molecule has 4 nitrogen and oxygen atoms in total. The minimum absolute atomic E-state index is 0.00440. The fourth-order valence-corrected chi connectivity index (χ4v) is 4.70. The maximum Gasteiger partial charge on any atom is 0.258 e. The number of nitrogens with two attached hydrogens (primary N) is 1. The molecule has 2 atom stereocenters. The molecule has 0 unspecified atom stereocenters. The highest BCUT2D eigenvalue weighted by molar-refractivity contribution is 7.10. The van der Waals surface area contributed by atoms with Crippen molar-refractivity contribution >= 4 is 22.2 Å². The van der Waals surface area contributed by atoms with E-state index in [1.54, 1.807) is 11.3 Å². The fourth-order valence-electron chi connectivity index (χ4n) is 3.87. The van der Waals surface area contributed by atoms with Gasteiger partial charge in [-0.15, -0.1) is 11.3 Å². The molecule has 0 saturated carbocycles. The number of nitrogens with zero attached hydrogens (tertiary/aromatic N) is 1. The van der Waals surface area contributed by atoms with Crippen LogP contribution in [0.4, 0.5) is 0 Å². The zero-order chi connectivity index (χ0) is 21.1. The van der Waals surface area contributed by atoms with Gasteiger partial charge in [-0.1, -0.05) is 56.3 Å². The van der Waals surface area contributed by atoms with Crippen LogP contribution in [0.15, 0.2) is 70.8 Å². The van der Waals surface area contributed by atoms with Gasteiger partial charge in [0.05, 0.1) is 15.8 Å². The number of hydrogen-bond donors (Lipinski definition) is 2. The third-order valence-corrected chi connectivity index (χ3v) is 6.33. The van der Waals surface area contributed by atoms with Gasteiger partial charge in [-0.25, -0.2) is 4.98 Å². The first-order chi connectivity index (χ1) is 14.5. The summed E-state index contributed by atoms with van der Waals surface area (Å²) in [6.07, 6.45) is 1.09. The summed E-state index contributed by atoms with van der Waals surface area (Å²) in [7, 11) is 0. The Morgan fingerprint density at radius 1 is 1.00 bits per heavy atom. The summed E-state index contributed by atoms with van der Waals surface area (Å²) >= 11 is 1.76. The zero-order valence-electron chi connectivity index (χ0n) is 17.6. The normalized spacial score (nSPS) is 13.6. The van der Waals surface area contributed by atoms with E-state index in [9.17, 15) is 4.79 Å². The van der Waals surface area contributed by atoms with Crippen molar-refractivity contribution in [3.63, 3.8) is 0 Å². The molecule has 0 bridgehead atoms. The first-order valence-electron chi connectivity index (χ1n) is 10.5. The van der Waals surface area contributed by atoms with E-state index in [1.165, 1.54) is 16.0 Å². The second-order valence-electron chi connectivity index (χ2n) is 8.28. The maximum atomic E-state index is 12.5. The van der Waals surface area contributed by atoms with Crippen LogP contribution in [0.25, 0.3) is 10.9 Å². The second kappa shape index (κ2) is 8.94. The van der Waals surface area contributed by atoms with E-state index in [1.807, 2.05) is 24.3 Å². The lowest BCUT2D eigenvalue weighted by Gasteiger charge is -2.20. The van der Waals surface area contributed by atoms with Crippen LogP contribution in [0, 0.1) is 5.92 Å². The average molecular weight is 419 g/mol. The standard InChI is InChI=1S/C25H27N3OS/c1-16(2)15-18-10-12-19(13-11-18)23(22-9-6-14-30-22)26-17(3)24-27-21-8-5-4-7-20(21)25(29)28-24/h4-14,16-17,23,26H,15H2,1-3H3,(H,27,28,29)/p+1/t17-,23-/m0/s1. The molecule has 0 aliphatic rings. The number of nitrogens with one attached hydrogen (secondary N) is 1. The molecule has 0 fully saturated rings. The molecule has 0 radical (unpaired) electrons. The van der Waals surface area contributed by atoms with E-state index in [0.717, 1.165) is 11.9 Å². The van der Waals surface area contributed by atoms with Crippen molar-refractivity contribution in [2.45, 2.75) is 39.3 Å². The van der Waals surface area contributed by atoms with Crippen LogP contribution in [-0.2, 0) is 6.42 Å². The Morgan fingerprint density at radius 2 is 1.77 bits per heavy atom. The molecule has 0 aliphatic carbocycles. The van der Waals surface area contributed by atoms with Gasteiger partial charge < -0.3 is 10.3 Å². The Hall–Kier alpha value is -2.76. The molecule has 0 spiro atoms. The number of benzene rings is 2. The molecule has 4 aromatic rings. The van der Waals surface area contributed by atoms with Crippen molar-refractivity contribution in [1.29, 1.82) is 0 Å². The number of aromatic amines is 1. The molecule has 2 aromatic heterocycles. The van der Waals surface area contributed by atoms with Gasteiger partial charge in [0.25, 0.3) is 5.56 Å². The van der Waals surface area contributed by atoms with E-state index in [0.29, 0.717) is 17.1 Å². The maximum absolute atomic E-state index is 12.5. The molecule has 0 saturated heterocycles. The fraction of sp³-hybridized carbons (Fsp3) is 0.280. The highest BCUT2D eigenvalue weighted by Crippen LogP contribution is 2.25. The van der Waals surface area contributed by atoms with Gasteiger partial charge in [-0.2, -0.15) is 0 Å². The number of quaternary nitrogens is 1. The highest BCUT2D eigenvalue weighted by Gasteiger charge is 2.24. The number of hydrogen-bond acceptors (Lipinski definition) is 3. The van der Waals surface area contributed by atoms with Crippen molar-refractivity contribution in [2.75, 3.05) is 0 Å². The predicted molar refractivity (Wildman–Crippen MR) is 124 cm³/mol. The van der Waals surface area contributed by atoms with E-state index < -0.39 is 0 Å². The molecule has 154 valence electrons. The zero-order valence-corrected chi connectivity index (χ0v) is 18.4. The lowest BCUT2D eigenvalue weighted by Crippen LogP contribution is -2.86. The molecule has 3 N–H and O–H groups in total. The number of para-hydroxylation sites is 1. The van der Waals surface area contributed by atoms with Gasteiger partial charge in [-0.05, 0) is 48.4 Å². The number of H-pyrrole nitrogens is 1. The van der Waals surface area contributed by atoms with E-state index in [4.69, 9.17) is 4.98 Å². The number of fused-ring (bicyclic) bond motifs is 1. The van der Waals surface area contributed by atoms with Gasteiger partial charge in [0, 0.05) is 5.56 Å². The minimum Gasteiger partial charge on any atom is -0.327 e. The molecular weight excluding hydrogens is 390 g/mol. The first-order valence-corrected chi connectivity index (χ1v) is 11.4. The first kappa shape index (κ1) is 20.5. The van der Waals surface area contributed by atoms with Gasteiger partial charge in [0.15, 0.2) is 5.82 Å². The number of thiophene rings is 1. The van der Waals surface area contributed by atoms with Crippen LogP contribution in [0.5, 0.6) is 0 Å². The lowest BCUT2D eigenvalue weighted by molar-refractivity contribution is -0.723. The summed E-state index contributed by atoms with van der Waals surface area (Å²) < 4.78 is 0. The number of aromatic nitrogens is 2. The molecule has 30 heavy (non-hydrogen) atoms. The van der Waals surface area contributed by atoms with Crippen LogP contribution >= 0.6 is 11.3 Å². The summed E-state index contributed by atoms with van der Waals surface area (Å²) in [5.74, 6) is 1.35. The monoisotopic (exact) mass is 418 g/mol. The molecule has 2 heterocycles. The Balaban J connectivity index is 1.63. The van der Waals surface area contributed by atoms with E-state index >= 15 is 0 Å². The summed E-state index contributed by atoms with van der Waals surface area (Å²) in [5.41, 5.74) is 3.29. The molecular formula is C25H28N3OS+. The summed E-state index contributed by atoms with van der Waals surface area (Å²) in [6, 6.07) is 20.9. The Labute approximate surface area is 181 Å². The summed E-state index contributed by atoms with van der Waals surface area (Å²) in [6.45, 7) is 6.59. The van der Waals surface area contributed by atoms with Crippen LogP contribution in [-0.4, -0.2) is 9.97 Å². The van der Waals surface area contributed by atoms with Crippen LogP contribution in [0.1, 0.15) is 54.7 Å². The number of rotatable bonds is 7. The van der Waals surface area contributed by atoms with Gasteiger partial charge >= 0.3 is 0 Å². The summed E-state index contributed by atoms with van der Waals surface area (Å²) in [5, 5.41) is 5.03. The van der Waals surface area contributed by atoms with Crippen molar-refractivity contribution in [2.24, 2.45) is 5.92 Å². The van der Waals surface area contributed by atoms with Gasteiger partial charge in [0.2, 0.25) is 0 Å². The van der Waals surface area contributed by atoms with Crippen molar-refractivity contribution in [3.8, 4) is 0 Å². The lowest BCUT2D eigenvalue weighted by atomic mass is 9.98. The minimum atomic E-state index is -0.0819. The topological polar surface area (TPSA) is 62.4 Å². The molecule has 4 rings (SSSR count). The Kier molecular flexibility index (Phi) is 6.11. The van der Waals surface area contributed by atoms with Gasteiger partial charge in [0.1, 0.15) is 12.1 Å². The predicted octanol–water partition coefficient (Wildman–Crippen LogP) is 4.60. The average Bonchev–Trinajstić information content (AvgIpc) is 3.27. The smallest absolute Gasteiger partial charge is 0.258 e. The van der Waals surface area contributed by atoms with Crippen molar-refractivity contribution in [3.05, 3.63) is 98.2 Å². The van der Waals surface area contributed by atoms with Crippen LogP contribution < -0.4 is 10.9 Å². The Morgan fingerprint density at radius 3 is 2.47 bits per heavy atom. The molecule has 2 aromatic carbocycles. The molecule has 0 amide bonds. The molecule has 5 heteroatoms. The highest BCUT2D eigenvalue weighted by atomic mass is 32.1. The second-order valence-corrected chi connectivity index (χ2v) is 9.26. The van der Waals surface area contributed by atoms with Crippen LogP contribution in [0.2, 0.25) is 0 Å². The van der Waals surface area contributed by atoms with Crippen molar-refractivity contribution < 1.29 is 5.32 Å². The third-order valence-electron chi connectivity index (χ3n) is 5.38. The van der Waals surface area contributed by atoms with Crippen molar-refractivity contribution in [1.82, 2.24) is 9.97 Å². The van der Waals surface area contributed by atoms with E-state index in [-0.39, 0.29) is 17.6 Å². The summed E-state index contributed by atoms with van der Waals surface area (Å²) in [4.78, 5) is 21.5. The molecule has 0 aliphatic heterocycles.